The summed E-state index contributed by atoms with van der Waals surface area (Å²) < 4.78 is 28.4. The van der Waals surface area contributed by atoms with E-state index in [1.54, 1.807) is 40.7 Å². The molecule has 3 aromatic rings. The highest BCUT2D eigenvalue weighted by Crippen LogP contribution is 2.31. The first-order valence-corrected chi connectivity index (χ1v) is 10.9. The molecule has 4 rings (SSSR count). The number of benzene rings is 3. The van der Waals surface area contributed by atoms with Gasteiger partial charge in [0.2, 0.25) is 10.0 Å². The van der Waals surface area contributed by atoms with Crippen LogP contribution in [-0.2, 0) is 29.4 Å². The van der Waals surface area contributed by atoms with Gasteiger partial charge >= 0.3 is 0 Å². The fourth-order valence-corrected chi connectivity index (χ4v) is 5.52. The summed E-state index contributed by atoms with van der Waals surface area (Å²) in [6.45, 7) is 0.387. The lowest BCUT2D eigenvalue weighted by Crippen LogP contribution is -2.44. The van der Waals surface area contributed by atoms with Crippen molar-refractivity contribution >= 4 is 10.0 Å². The lowest BCUT2D eigenvalue weighted by Gasteiger charge is -2.36. The van der Waals surface area contributed by atoms with Crippen LogP contribution in [-0.4, -0.2) is 23.9 Å². The van der Waals surface area contributed by atoms with Crippen molar-refractivity contribution < 1.29 is 13.5 Å². The Morgan fingerprint density at radius 1 is 0.893 bits per heavy atom. The smallest absolute Gasteiger partial charge is 0.243 e. The number of hydrogen-bond donors (Lipinski definition) is 1. The van der Waals surface area contributed by atoms with E-state index in [-0.39, 0.29) is 11.8 Å². The molecule has 0 bridgehead atoms. The molecule has 1 aliphatic heterocycles. The Labute approximate surface area is 166 Å². The SMILES string of the molecule is O=S(=O)(c1ccccc1)N1Cc2ccccc2C[C@H]1CCc1cccc(O)c1. The van der Waals surface area contributed by atoms with Crippen molar-refractivity contribution in [3.05, 3.63) is 95.6 Å². The molecule has 0 saturated carbocycles. The van der Waals surface area contributed by atoms with Gasteiger partial charge in [-0.25, -0.2) is 8.42 Å². The summed E-state index contributed by atoms with van der Waals surface area (Å²) in [5.74, 6) is 0.236. The number of sulfonamides is 1. The molecule has 0 aliphatic carbocycles. The number of aryl methyl sites for hydroxylation is 1. The lowest BCUT2D eigenvalue weighted by atomic mass is 9.92. The number of fused-ring (bicyclic) bond motifs is 1. The van der Waals surface area contributed by atoms with Crippen LogP contribution in [0, 0.1) is 0 Å². The molecule has 1 atom stereocenters. The number of nitrogens with zero attached hydrogens (tertiary/aromatic N) is 1. The van der Waals surface area contributed by atoms with Crippen LogP contribution >= 0.6 is 0 Å². The van der Waals surface area contributed by atoms with Crippen molar-refractivity contribution in [1.82, 2.24) is 4.31 Å². The predicted molar refractivity (Wildman–Crippen MR) is 110 cm³/mol. The van der Waals surface area contributed by atoms with Gasteiger partial charge in [-0.2, -0.15) is 4.31 Å². The molecule has 1 N–H and O–H groups in total. The van der Waals surface area contributed by atoms with E-state index in [1.807, 2.05) is 36.4 Å². The summed E-state index contributed by atoms with van der Waals surface area (Å²) in [4.78, 5) is 0.330. The van der Waals surface area contributed by atoms with Crippen LogP contribution in [0.15, 0.2) is 83.8 Å². The van der Waals surface area contributed by atoms with E-state index in [1.165, 1.54) is 5.56 Å². The number of phenols is 1. The Balaban J connectivity index is 1.65. The minimum Gasteiger partial charge on any atom is -0.508 e. The van der Waals surface area contributed by atoms with Gasteiger partial charge in [-0.1, -0.05) is 54.6 Å². The monoisotopic (exact) mass is 393 g/mol. The quantitative estimate of drug-likeness (QED) is 0.709. The fourth-order valence-electron chi connectivity index (χ4n) is 3.86. The van der Waals surface area contributed by atoms with Gasteiger partial charge in [-0.3, -0.25) is 0 Å². The molecule has 0 aromatic heterocycles. The first-order chi connectivity index (χ1) is 13.5. The van der Waals surface area contributed by atoms with Crippen LogP contribution in [0.5, 0.6) is 5.75 Å². The summed E-state index contributed by atoms with van der Waals surface area (Å²) in [6.07, 6.45) is 2.10. The van der Waals surface area contributed by atoms with E-state index in [4.69, 9.17) is 0 Å². The molecule has 28 heavy (non-hydrogen) atoms. The van der Waals surface area contributed by atoms with Crippen molar-refractivity contribution in [1.29, 1.82) is 0 Å². The van der Waals surface area contributed by atoms with Crippen molar-refractivity contribution in [2.45, 2.75) is 36.7 Å². The van der Waals surface area contributed by atoms with E-state index in [0.717, 1.165) is 11.1 Å². The molecule has 0 radical (unpaired) electrons. The minimum absolute atomic E-state index is 0.123. The van der Waals surface area contributed by atoms with Crippen molar-refractivity contribution in [3.63, 3.8) is 0 Å². The summed E-state index contributed by atoms with van der Waals surface area (Å²) in [6, 6.07) is 23.8. The number of phenolic OH excluding ortho intramolecular Hbond substituents is 1. The summed E-state index contributed by atoms with van der Waals surface area (Å²) in [5, 5.41) is 9.70. The average molecular weight is 394 g/mol. The van der Waals surface area contributed by atoms with Crippen molar-refractivity contribution in [2.24, 2.45) is 0 Å². The first-order valence-electron chi connectivity index (χ1n) is 9.45. The minimum atomic E-state index is -3.58. The Kier molecular flexibility index (Phi) is 5.20. The van der Waals surface area contributed by atoms with Gasteiger partial charge in [0.15, 0.2) is 0 Å². The molecule has 144 valence electrons. The van der Waals surface area contributed by atoms with Gasteiger partial charge < -0.3 is 5.11 Å². The third-order valence-electron chi connectivity index (χ3n) is 5.33. The standard InChI is InChI=1S/C23H23NO3S/c25-22-10-6-7-18(15-22)13-14-21-16-19-8-4-5-9-20(19)17-24(21)28(26,27)23-11-2-1-3-12-23/h1-12,15,21,25H,13-14,16-17H2/t21-/m1/s1. The highest BCUT2D eigenvalue weighted by Gasteiger charge is 2.35. The van der Waals surface area contributed by atoms with Crippen LogP contribution in [0.25, 0.3) is 0 Å². The van der Waals surface area contributed by atoms with Crippen LogP contribution in [0.2, 0.25) is 0 Å². The maximum Gasteiger partial charge on any atom is 0.243 e. The van der Waals surface area contributed by atoms with Crippen LogP contribution in [0.3, 0.4) is 0 Å². The molecule has 3 aromatic carbocycles. The topological polar surface area (TPSA) is 57.6 Å². The number of rotatable bonds is 5. The van der Waals surface area contributed by atoms with Crippen LogP contribution < -0.4 is 0 Å². The molecular weight excluding hydrogens is 370 g/mol. The molecule has 1 heterocycles. The van der Waals surface area contributed by atoms with Gasteiger partial charge in [-0.15, -0.1) is 0 Å². The fraction of sp³-hybridized carbons (Fsp3) is 0.217. The molecule has 0 fully saturated rings. The van der Waals surface area contributed by atoms with E-state index in [9.17, 15) is 13.5 Å². The van der Waals surface area contributed by atoms with Gasteiger partial charge in [-0.05, 0) is 60.2 Å². The average Bonchev–Trinajstić information content (AvgIpc) is 2.72. The highest BCUT2D eigenvalue weighted by atomic mass is 32.2. The second-order valence-electron chi connectivity index (χ2n) is 7.20. The summed E-state index contributed by atoms with van der Waals surface area (Å²) in [7, 11) is -3.58. The van der Waals surface area contributed by atoms with Crippen molar-refractivity contribution in [2.75, 3.05) is 0 Å². The molecule has 5 heteroatoms. The van der Waals surface area contributed by atoms with E-state index in [0.29, 0.717) is 30.7 Å². The second-order valence-corrected chi connectivity index (χ2v) is 9.09. The normalized spacial score (nSPS) is 17.2. The van der Waals surface area contributed by atoms with E-state index >= 15 is 0 Å². The van der Waals surface area contributed by atoms with Crippen LogP contribution in [0.4, 0.5) is 0 Å². The zero-order valence-electron chi connectivity index (χ0n) is 15.5. The zero-order valence-corrected chi connectivity index (χ0v) is 16.3. The molecule has 0 unspecified atom stereocenters. The van der Waals surface area contributed by atoms with Gasteiger partial charge in [0.1, 0.15) is 5.75 Å². The summed E-state index contributed by atoms with van der Waals surface area (Å²) >= 11 is 0. The highest BCUT2D eigenvalue weighted by molar-refractivity contribution is 7.89. The van der Waals surface area contributed by atoms with Gasteiger partial charge in [0.25, 0.3) is 0 Å². The Morgan fingerprint density at radius 2 is 1.61 bits per heavy atom. The van der Waals surface area contributed by atoms with Crippen molar-refractivity contribution in [3.8, 4) is 5.75 Å². The Hall–Kier alpha value is -2.63. The molecule has 0 saturated heterocycles. The third kappa shape index (κ3) is 3.81. The molecule has 1 aliphatic rings. The number of hydrogen-bond acceptors (Lipinski definition) is 3. The van der Waals surface area contributed by atoms with Crippen LogP contribution in [0.1, 0.15) is 23.1 Å². The van der Waals surface area contributed by atoms with E-state index in [2.05, 4.69) is 6.07 Å². The molecular formula is C23H23NO3S. The maximum atomic E-state index is 13.4. The predicted octanol–water partition coefficient (Wildman–Crippen LogP) is 4.14. The molecule has 0 amide bonds. The van der Waals surface area contributed by atoms with Gasteiger partial charge in [0, 0.05) is 12.6 Å². The zero-order chi connectivity index (χ0) is 19.6. The van der Waals surface area contributed by atoms with E-state index < -0.39 is 10.0 Å². The largest absolute Gasteiger partial charge is 0.508 e. The molecule has 0 spiro atoms. The summed E-state index contributed by atoms with van der Waals surface area (Å²) in [5.41, 5.74) is 3.29. The number of aromatic hydroxyl groups is 1. The Bertz CT molecular complexity index is 1060. The first kappa shape index (κ1) is 18.7. The maximum absolute atomic E-state index is 13.4. The van der Waals surface area contributed by atoms with Gasteiger partial charge in [0.05, 0.1) is 4.90 Å². The Morgan fingerprint density at radius 3 is 2.36 bits per heavy atom. The molecule has 4 nitrogen and oxygen atoms in total. The second kappa shape index (κ2) is 7.78. The lowest BCUT2D eigenvalue weighted by molar-refractivity contribution is 0.278. The third-order valence-corrected chi connectivity index (χ3v) is 7.25.